The van der Waals surface area contributed by atoms with E-state index in [9.17, 15) is 9.59 Å². The largest absolute Gasteiger partial charge is 0.464 e. The number of rotatable bonds is 6. The molecule has 0 aliphatic rings. The second-order valence-electron chi connectivity index (χ2n) is 4.66. The van der Waals surface area contributed by atoms with Crippen molar-refractivity contribution >= 4 is 69.1 Å². The lowest BCUT2D eigenvalue weighted by molar-refractivity contribution is -0.145. The number of alkyl halides is 2. The van der Waals surface area contributed by atoms with Crippen molar-refractivity contribution in [3.63, 3.8) is 0 Å². The van der Waals surface area contributed by atoms with E-state index >= 15 is 0 Å². The topological polar surface area (TPSA) is 52.6 Å². The van der Waals surface area contributed by atoms with Crippen LogP contribution in [0.5, 0.6) is 0 Å². The van der Waals surface area contributed by atoms with Gasteiger partial charge in [-0.25, -0.2) is 0 Å². The molecule has 0 aromatic heterocycles. The summed E-state index contributed by atoms with van der Waals surface area (Å²) >= 11 is 14.1. The number of ether oxygens (including phenoxy) is 2. The molecule has 0 atom stereocenters. The molecule has 0 amide bonds. The molecule has 0 N–H and O–H groups in total. The van der Waals surface area contributed by atoms with Crippen molar-refractivity contribution in [2.75, 3.05) is 24.7 Å². The molecule has 0 spiro atoms. The Morgan fingerprint density at radius 2 is 1.10 bits per heavy atom. The van der Waals surface area contributed by atoms with Crippen molar-refractivity contribution in [2.45, 2.75) is 36.3 Å². The Labute approximate surface area is 148 Å². The molecule has 0 unspecified atom stereocenters. The van der Waals surface area contributed by atoms with Crippen molar-refractivity contribution in [3.8, 4) is 0 Å². The molecule has 0 bridgehead atoms. The monoisotopic (exact) mass is 452 g/mol. The highest BCUT2D eigenvalue weighted by molar-refractivity contribution is 9.10. The van der Waals surface area contributed by atoms with E-state index < -0.39 is 8.65 Å². The number of hydrogen-bond acceptors (Lipinski definition) is 6. The third-order valence-electron chi connectivity index (χ3n) is 1.62. The van der Waals surface area contributed by atoms with Crippen LogP contribution in [0.2, 0.25) is 0 Å². The summed E-state index contributed by atoms with van der Waals surface area (Å²) in [6, 6.07) is 0. The molecule has 8 heteroatoms. The maximum Gasteiger partial charge on any atom is 0.322 e. The van der Waals surface area contributed by atoms with E-state index in [0.29, 0.717) is 24.7 Å². The molecule has 0 aromatic carbocycles. The van der Waals surface area contributed by atoms with Gasteiger partial charge in [0.1, 0.15) is 21.9 Å². The second-order valence-corrected chi connectivity index (χ2v) is 9.52. The highest BCUT2D eigenvalue weighted by Gasteiger charge is 2.25. The van der Waals surface area contributed by atoms with Gasteiger partial charge in [0.2, 0.25) is 0 Å². The van der Waals surface area contributed by atoms with Crippen LogP contribution in [0.1, 0.15) is 27.7 Å². The molecule has 0 aliphatic heterocycles. The minimum atomic E-state index is -0.573. The van der Waals surface area contributed by atoms with Gasteiger partial charge in [0.25, 0.3) is 0 Å². The molecule has 0 radical (unpaired) electrons. The first kappa shape index (κ1) is 22.9. The van der Waals surface area contributed by atoms with Gasteiger partial charge < -0.3 is 9.47 Å². The maximum absolute atomic E-state index is 10.9. The average Bonchev–Trinajstić information content (AvgIpc) is 2.31. The number of thiol groups is 2. The lowest BCUT2D eigenvalue weighted by atomic mass is 10.2. The third-order valence-corrected chi connectivity index (χ3v) is 2.63. The summed E-state index contributed by atoms with van der Waals surface area (Å²) in [7, 11) is 0. The summed E-state index contributed by atoms with van der Waals surface area (Å²) in [6.45, 7) is 7.72. The molecule has 0 aliphatic carbocycles. The van der Waals surface area contributed by atoms with Crippen LogP contribution in [0.15, 0.2) is 0 Å². The van der Waals surface area contributed by atoms with Gasteiger partial charge in [-0.05, 0) is 27.7 Å². The van der Waals surface area contributed by atoms with E-state index in [0.717, 1.165) is 0 Å². The van der Waals surface area contributed by atoms with Gasteiger partial charge >= 0.3 is 11.9 Å². The first-order valence-electron chi connectivity index (χ1n) is 5.90. The lowest BCUT2D eigenvalue weighted by Crippen LogP contribution is -2.27. The number of halogens is 2. The Kier molecular flexibility index (Phi) is 12.8. The highest BCUT2D eigenvalue weighted by Crippen LogP contribution is 2.17. The summed E-state index contributed by atoms with van der Waals surface area (Å²) in [4.78, 5) is 21.8. The molecule has 0 rings (SSSR count). The van der Waals surface area contributed by atoms with Crippen LogP contribution in [0, 0.1) is 0 Å². The Balaban J connectivity index is 0. The average molecular weight is 454 g/mol. The van der Waals surface area contributed by atoms with Crippen LogP contribution >= 0.6 is 57.1 Å². The Bertz CT molecular complexity index is 269. The minimum Gasteiger partial charge on any atom is -0.464 e. The van der Waals surface area contributed by atoms with Crippen molar-refractivity contribution in [2.24, 2.45) is 0 Å². The number of carbonyl (C=O) groups is 2. The highest BCUT2D eigenvalue weighted by atomic mass is 79.9. The molecule has 4 nitrogen and oxygen atoms in total. The van der Waals surface area contributed by atoms with Gasteiger partial charge in [-0.1, -0.05) is 31.9 Å². The predicted molar refractivity (Wildman–Crippen MR) is 95.6 cm³/mol. The van der Waals surface area contributed by atoms with Gasteiger partial charge in [0.15, 0.2) is 0 Å². The molecule has 0 saturated heterocycles. The fourth-order valence-corrected chi connectivity index (χ4v) is 1.03. The summed E-state index contributed by atoms with van der Waals surface area (Å²) in [5.74, 6) is 0.631. The van der Waals surface area contributed by atoms with Crippen molar-refractivity contribution in [1.82, 2.24) is 0 Å². The smallest absolute Gasteiger partial charge is 0.322 e. The lowest BCUT2D eigenvalue weighted by Gasteiger charge is -2.13. The van der Waals surface area contributed by atoms with Crippen molar-refractivity contribution < 1.29 is 19.1 Å². The van der Waals surface area contributed by atoms with E-state index in [1.165, 1.54) is 0 Å². The Morgan fingerprint density at radius 1 is 0.850 bits per heavy atom. The summed E-state index contributed by atoms with van der Waals surface area (Å²) in [5, 5.41) is 0. The van der Waals surface area contributed by atoms with Crippen molar-refractivity contribution in [1.29, 1.82) is 0 Å². The first-order chi connectivity index (χ1) is 8.96. The standard InChI is InChI=1S/2C6H11BrO2S/c2*1-6(2,7)5(8)9-3-4-10/h2*10H,3-4H2,1-2H3. The summed E-state index contributed by atoms with van der Waals surface area (Å²) in [6.07, 6.45) is 0. The van der Waals surface area contributed by atoms with Gasteiger partial charge in [-0.3, -0.25) is 9.59 Å². The SMILES string of the molecule is CC(C)(Br)C(=O)OCCS.CC(C)(Br)C(=O)OCCS. The van der Waals surface area contributed by atoms with Crippen LogP contribution in [-0.2, 0) is 19.1 Å². The van der Waals surface area contributed by atoms with Crippen LogP contribution in [0.3, 0.4) is 0 Å². The minimum absolute atomic E-state index is 0.249. The molecule has 0 heterocycles. The molecule has 20 heavy (non-hydrogen) atoms. The molecule has 0 fully saturated rings. The number of esters is 2. The van der Waals surface area contributed by atoms with Gasteiger partial charge in [-0.2, -0.15) is 25.3 Å². The molecule has 0 aromatic rings. The quantitative estimate of drug-likeness (QED) is 0.368. The predicted octanol–water partition coefficient (Wildman–Crippen LogP) is 3.27. The number of hydrogen-bond donors (Lipinski definition) is 2. The fourth-order valence-electron chi connectivity index (χ4n) is 0.620. The fraction of sp³-hybridized carbons (Fsp3) is 0.833. The van der Waals surface area contributed by atoms with E-state index in [1.54, 1.807) is 27.7 Å². The van der Waals surface area contributed by atoms with E-state index in [-0.39, 0.29) is 11.9 Å². The van der Waals surface area contributed by atoms with E-state index in [4.69, 9.17) is 9.47 Å². The van der Waals surface area contributed by atoms with E-state index in [2.05, 4.69) is 57.1 Å². The third kappa shape index (κ3) is 13.6. The Morgan fingerprint density at radius 3 is 1.25 bits per heavy atom. The summed E-state index contributed by atoms with van der Waals surface area (Å²) < 4.78 is 8.44. The molecule has 120 valence electrons. The van der Waals surface area contributed by atoms with Gasteiger partial charge in [-0.15, -0.1) is 0 Å². The van der Waals surface area contributed by atoms with Crippen LogP contribution in [-0.4, -0.2) is 45.3 Å². The summed E-state index contributed by atoms with van der Waals surface area (Å²) in [5.41, 5.74) is 0. The van der Waals surface area contributed by atoms with Gasteiger partial charge in [0, 0.05) is 11.5 Å². The van der Waals surface area contributed by atoms with Crippen LogP contribution in [0.25, 0.3) is 0 Å². The molecular weight excluding hydrogens is 432 g/mol. The molecule has 0 saturated carbocycles. The molecular formula is C12H22Br2O4S2. The Hall–Kier alpha value is 0.600. The second kappa shape index (κ2) is 11.2. The zero-order valence-electron chi connectivity index (χ0n) is 12.1. The van der Waals surface area contributed by atoms with Crippen molar-refractivity contribution in [3.05, 3.63) is 0 Å². The normalized spacial score (nSPS) is 11.2. The van der Waals surface area contributed by atoms with Crippen LogP contribution in [0.4, 0.5) is 0 Å². The van der Waals surface area contributed by atoms with Crippen LogP contribution < -0.4 is 0 Å². The first-order valence-corrected chi connectivity index (χ1v) is 8.76. The zero-order chi connectivity index (χ0) is 16.4. The number of carbonyl (C=O) groups excluding carboxylic acids is 2. The zero-order valence-corrected chi connectivity index (χ0v) is 17.1. The van der Waals surface area contributed by atoms with Gasteiger partial charge in [0.05, 0.1) is 0 Å². The maximum atomic E-state index is 10.9. The van der Waals surface area contributed by atoms with E-state index in [1.807, 2.05) is 0 Å².